The van der Waals surface area contributed by atoms with Gasteiger partial charge in [-0.3, -0.25) is 0 Å². The maximum atomic E-state index is 5.88. The van der Waals surface area contributed by atoms with Crippen molar-refractivity contribution in [2.45, 2.75) is 31.9 Å². The number of aryl methyl sites for hydroxylation is 1. The lowest BCUT2D eigenvalue weighted by molar-refractivity contribution is 0.302. The normalized spacial score (nSPS) is 16.3. The van der Waals surface area contributed by atoms with Gasteiger partial charge in [0, 0.05) is 4.88 Å². The predicted octanol–water partition coefficient (Wildman–Crippen LogP) is 3.91. The van der Waals surface area contributed by atoms with Gasteiger partial charge in [0.2, 0.25) is 0 Å². The second-order valence-corrected chi connectivity index (χ2v) is 6.03. The van der Waals surface area contributed by atoms with Gasteiger partial charge in [0.1, 0.15) is 5.75 Å². The Balaban J connectivity index is 1.88. The van der Waals surface area contributed by atoms with Crippen LogP contribution in [0.2, 0.25) is 0 Å². The Bertz CT molecular complexity index is 559. The molecule has 2 nitrogen and oxygen atoms in total. The highest BCUT2D eigenvalue weighted by molar-refractivity contribution is 7.10. The fourth-order valence-corrected chi connectivity index (χ4v) is 3.34. The van der Waals surface area contributed by atoms with Gasteiger partial charge in [0.15, 0.2) is 0 Å². The van der Waals surface area contributed by atoms with Crippen LogP contribution in [0.5, 0.6) is 5.75 Å². The van der Waals surface area contributed by atoms with Crippen LogP contribution in [-0.2, 0) is 0 Å². The van der Waals surface area contributed by atoms with Crippen molar-refractivity contribution in [2.24, 2.45) is 0 Å². The predicted molar refractivity (Wildman–Crippen MR) is 80.1 cm³/mol. The summed E-state index contributed by atoms with van der Waals surface area (Å²) in [6, 6.07) is 10.9. The zero-order valence-corrected chi connectivity index (χ0v) is 12.2. The average molecular weight is 273 g/mol. The molecule has 19 heavy (non-hydrogen) atoms. The van der Waals surface area contributed by atoms with Gasteiger partial charge >= 0.3 is 0 Å². The lowest BCUT2D eigenvalue weighted by atomic mass is 10.0. The third kappa shape index (κ3) is 2.82. The number of benzene rings is 1. The Morgan fingerprint density at radius 3 is 2.79 bits per heavy atom. The summed E-state index contributed by atoms with van der Waals surface area (Å²) in [5.41, 5.74) is 2.61. The molecule has 2 aromatic rings. The molecule has 0 saturated heterocycles. The number of hydrogen-bond donors (Lipinski definition) is 1. The monoisotopic (exact) mass is 273 g/mol. The molecule has 0 spiro atoms. The summed E-state index contributed by atoms with van der Waals surface area (Å²) < 4.78 is 5.88. The largest absolute Gasteiger partial charge is 0.490 e. The molecule has 3 rings (SSSR count). The van der Waals surface area contributed by atoms with Crippen LogP contribution < -0.4 is 10.1 Å². The van der Waals surface area contributed by atoms with E-state index in [-0.39, 0.29) is 6.04 Å². The standard InChI is InChI=1S/C16H19NOS/c1-11-8-9-19-16(11)15(17-2)12-4-3-5-14(10-12)18-13-6-7-13/h3-5,8-10,13,15,17H,6-7H2,1-2H3. The minimum atomic E-state index is 0.253. The van der Waals surface area contributed by atoms with Crippen molar-refractivity contribution < 1.29 is 4.74 Å². The van der Waals surface area contributed by atoms with Crippen LogP contribution in [-0.4, -0.2) is 13.2 Å². The molecule has 0 aliphatic heterocycles. The molecule has 3 heteroatoms. The van der Waals surface area contributed by atoms with Crippen LogP contribution in [0.1, 0.15) is 34.9 Å². The molecule has 1 saturated carbocycles. The third-order valence-electron chi connectivity index (χ3n) is 3.47. The van der Waals surface area contributed by atoms with Gasteiger partial charge in [-0.05, 0) is 61.5 Å². The van der Waals surface area contributed by atoms with E-state index < -0.39 is 0 Å². The fourth-order valence-electron chi connectivity index (χ4n) is 2.28. The Kier molecular flexibility index (Phi) is 3.58. The molecule has 1 aliphatic carbocycles. The van der Waals surface area contributed by atoms with Gasteiger partial charge in [-0.2, -0.15) is 0 Å². The molecule has 1 heterocycles. The number of nitrogens with one attached hydrogen (secondary N) is 1. The van der Waals surface area contributed by atoms with Crippen LogP contribution >= 0.6 is 11.3 Å². The van der Waals surface area contributed by atoms with Crippen LogP contribution in [0, 0.1) is 6.92 Å². The van der Waals surface area contributed by atoms with Gasteiger partial charge in [0.25, 0.3) is 0 Å². The topological polar surface area (TPSA) is 21.3 Å². The highest BCUT2D eigenvalue weighted by Gasteiger charge is 2.24. The highest BCUT2D eigenvalue weighted by atomic mass is 32.1. The number of thiophene rings is 1. The quantitative estimate of drug-likeness (QED) is 0.892. The molecule has 1 aromatic carbocycles. The van der Waals surface area contributed by atoms with Crippen molar-refractivity contribution >= 4 is 11.3 Å². The molecule has 0 bridgehead atoms. The lowest BCUT2D eigenvalue weighted by Gasteiger charge is -2.17. The third-order valence-corrected chi connectivity index (χ3v) is 4.55. The first-order valence-corrected chi connectivity index (χ1v) is 7.64. The van der Waals surface area contributed by atoms with Crippen molar-refractivity contribution in [1.82, 2.24) is 5.32 Å². The van der Waals surface area contributed by atoms with Crippen molar-refractivity contribution in [3.63, 3.8) is 0 Å². The van der Waals surface area contributed by atoms with Gasteiger partial charge < -0.3 is 10.1 Å². The maximum absolute atomic E-state index is 5.88. The molecule has 1 aromatic heterocycles. The first-order chi connectivity index (χ1) is 9.28. The summed E-state index contributed by atoms with van der Waals surface area (Å²) in [6.07, 6.45) is 2.85. The SMILES string of the molecule is CNC(c1cccc(OC2CC2)c1)c1sccc1C. The molecule has 1 fully saturated rings. The van der Waals surface area contributed by atoms with Crippen LogP contribution in [0.15, 0.2) is 35.7 Å². The van der Waals surface area contributed by atoms with E-state index in [0.717, 1.165) is 5.75 Å². The maximum Gasteiger partial charge on any atom is 0.120 e. The second-order valence-electron chi connectivity index (χ2n) is 5.08. The fraction of sp³-hybridized carbons (Fsp3) is 0.375. The van der Waals surface area contributed by atoms with Crippen molar-refractivity contribution in [3.05, 3.63) is 51.7 Å². The lowest BCUT2D eigenvalue weighted by Crippen LogP contribution is -2.17. The van der Waals surface area contributed by atoms with Crippen molar-refractivity contribution in [2.75, 3.05) is 7.05 Å². The van der Waals surface area contributed by atoms with E-state index in [1.807, 2.05) is 7.05 Å². The first kappa shape index (κ1) is 12.7. The number of rotatable bonds is 5. The summed E-state index contributed by atoms with van der Waals surface area (Å²) in [5, 5.41) is 5.56. The smallest absolute Gasteiger partial charge is 0.120 e. The van der Waals surface area contributed by atoms with E-state index in [9.17, 15) is 0 Å². The van der Waals surface area contributed by atoms with E-state index in [0.29, 0.717) is 6.10 Å². The zero-order chi connectivity index (χ0) is 13.2. The molecular formula is C16H19NOS. The summed E-state index contributed by atoms with van der Waals surface area (Å²) in [5.74, 6) is 0.995. The average Bonchev–Trinajstić information content (AvgIpc) is 3.13. The molecule has 1 unspecified atom stereocenters. The van der Waals surface area contributed by atoms with Crippen molar-refractivity contribution in [1.29, 1.82) is 0 Å². The minimum Gasteiger partial charge on any atom is -0.490 e. The van der Waals surface area contributed by atoms with Crippen LogP contribution in [0.4, 0.5) is 0 Å². The number of ether oxygens (including phenoxy) is 1. The van der Waals surface area contributed by atoms with Crippen LogP contribution in [0.25, 0.3) is 0 Å². The van der Waals surface area contributed by atoms with Gasteiger partial charge in [0.05, 0.1) is 12.1 Å². The second kappa shape index (κ2) is 5.35. The Morgan fingerprint density at radius 1 is 1.32 bits per heavy atom. The summed E-state index contributed by atoms with van der Waals surface area (Å²) in [4.78, 5) is 1.38. The van der Waals surface area contributed by atoms with Crippen molar-refractivity contribution in [3.8, 4) is 5.75 Å². The van der Waals surface area contributed by atoms with Crippen LogP contribution in [0.3, 0.4) is 0 Å². The first-order valence-electron chi connectivity index (χ1n) is 6.76. The van der Waals surface area contributed by atoms with Gasteiger partial charge in [-0.1, -0.05) is 12.1 Å². The van der Waals surface area contributed by atoms with E-state index >= 15 is 0 Å². The van der Waals surface area contributed by atoms with E-state index in [1.54, 1.807) is 11.3 Å². The van der Waals surface area contributed by atoms with E-state index in [2.05, 4.69) is 48.0 Å². The Hall–Kier alpha value is -1.32. The van der Waals surface area contributed by atoms with E-state index in [1.165, 1.54) is 28.8 Å². The minimum absolute atomic E-state index is 0.253. The summed E-state index contributed by atoms with van der Waals surface area (Å²) in [7, 11) is 2.01. The molecule has 1 N–H and O–H groups in total. The molecule has 0 radical (unpaired) electrons. The van der Waals surface area contributed by atoms with Gasteiger partial charge in [-0.25, -0.2) is 0 Å². The molecular weight excluding hydrogens is 254 g/mol. The summed E-state index contributed by atoms with van der Waals surface area (Å²) in [6.45, 7) is 2.17. The number of hydrogen-bond acceptors (Lipinski definition) is 3. The molecule has 1 aliphatic rings. The highest BCUT2D eigenvalue weighted by Crippen LogP contribution is 2.32. The summed E-state index contributed by atoms with van der Waals surface area (Å²) >= 11 is 1.81. The van der Waals surface area contributed by atoms with E-state index in [4.69, 9.17) is 4.74 Å². The molecule has 100 valence electrons. The molecule has 1 atom stereocenters. The van der Waals surface area contributed by atoms with Gasteiger partial charge in [-0.15, -0.1) is 11.3 Å². The molecule has 0 amide bonds. The zero-order valence-electron chi connectivity index (χ0n) is 11.3. The Morgan fingerprint density at radius 2 is 2.16 bits per heavy atom. The Labute approximate surface area is 118 Å².